The van der Waals surface area contributed by atoms with Crippen LogP contribution in [0, 0.1) is 5.41 Å². The highest BCUT2D eigenvalue weighted by Crippen LogP contribution is 2.35. The van der Waals surface area contributed by atoms with Crippen LogP contribution in [0.4, 0.5) is 0 Å². The van der Waals surface area contributed by atoms with Gasteiger partial charge in [0.2, 0.25) is 5.91 Å². The molecule has 2 rings (SSSR count). The van der Waals surface area contributed by atoms with Crippen molar-refractivity contribution in [2.24, 2.45) is 5.41 Å². The Balaban J connectivity index is 1.60. The maximum Gasteiger partial charge on any atom is 0.225 e. The molecule has 1 aliphatic carbocycles. The largest absolute Gasteiger partial charge is 0.356 e. The van der Waals surface area contributed by atoms with E-state index in [-0.39, 0.29) is 11.3 Å². The van der Waals surface area contributed by atoms with Gasteiger partial charge in [-0.3, -0.25) is 4.79 Å². The summed E-state index contributed by atoms with van der Waals surface area (Å²) < 4.78 is 0. The highest BCUT2D eigenvalue weighted by Gasteiger charge is 2.33. The van der Waals surface area contributed by atoms with Gasteiger partial charge in [-0.2, -0.15) is 0 Å². The first-order valence-corrected chi connectivity index (χ1v) is 7.92. The molecule has 4 heteroatoms. The lowest BCUT2D eigenvalue weighted by Crippen LogP contribution is -2.45. The second-order valence-corrected chi connectivity index (χ2v) is 6.32. The summed E-state index contributed by atoms with van der Waals surface area (Å²) in [5.74, 6) is 0.285. The van der Waals surface area contributed by atoms with Crippen LogP contribution in [0.25, 0.3) is 0 Å². The van der Waals surface area contributed by atoms with Crippen LogP contribution in [-0.4, -0.2) is 50.1 Å². The number of carbonyl (C=O) groups is 1. The van der Waals surface area contributed by atoms with Crippen molar-refractivity contribution >= 4 is 5.91 Å². The number of nitrogens with one attached hydrogen (secondary N) is 2. The average molecular weight is 267 g/mol. The van der Waals surface area contributed by atoms with Gasteiger partial charge in [-0.1, -0.05) is 26.2 Å². The zero-order chi connectivity index (χ0) is 13.6. The number of hydrogen-bond donors (Lipinski definition) is 2. The summed E-state index contributed by atoms with van der Waals surface area (Å²) in [6, 6.07) is 0. The molecule has 1 heterocycles. The van der Waals surface area contributed by atoms with E-state index in [4.69, 9.17) is 0 Å². The van der Waals surface area contributed by atoms with Gasteiger partial charge in [0.15, 0.2) is 0 Å². The molecule has 2 aliphatic rings. The molecule has 1 saturated heterocycles. The van der Waals surface area contributed by atoms with Gasteiger partial charge in [0.25, 0.3) is 0 Å². The van der Waals surface area contributed by atoms with E-state index in [1.54, 1.807) is 0 Å². The normalized spacial score (nSPS) is 24.1. The minimum Gasteiger partial charge on any atom is -0.356 e. The van der Waals surface area contributed by atoms with Gasteiger partial charge in [-0.05, 0) is 25.8 Å². The molecule has 1 amide bonds. The topological polar surface area (TPSA) is 44.4 Å². The van der Waals surface area contributed by atoms with Crippen molar-refractivity contribution in [1.29, 1.82) is 0 Å². The first-order valence-electron chi connectivity index (χ1n) is 7.92. The van der Waals surface area contributed by atoms with Crippen LogP contribution >= 0.6 is 0 Å². The lowest BCUT2D eigenvalue weighted by molar-refractivity contribution is -0.131. The maximum atomic E-state index is 12.2. The van der Waals surface area contributed by atoms with Crippen LogP contribution < -0.4 is 10.6 Å². The van der Waals surface area contributed by atoms with Gasteiger partial charge < -0.3 is 15.5 Å². The van der Waals surface area contributed by atoms with Crippen LogP contribution in [0.15, 0.2) is 0 Å². The van der Waals surface area contributed by atoms with Gasteiger partial charge in [-0.25, -0.2) is 0 Å². The molecule has 4 nitrogen and oxygen atoms in total. The predicted octanol–water partition coefficient (Wildman–Crippen LogP) is 1.37. The first-order chi connectivity index (χ1) is 9.21. The van der Waals surface area contributed by atoms with E-state index in [0.717, 1.165) is 58.5 Å². The van der Waals surface area contributed by atoms with E-state index in [1.165, 1.54) is 19.3 Å². The standard InChI is InChI=1S/C15H29N3O/c1-15(6-3-2-4-7-15)14(19)17-8-5-11-18-12-9-16-10-13-18/h16H,2-13H2,1H3,(H,17,19). The fraction of sp³-hybridized carbons (Fsp3) is 0.933. The van der Waals surface area contributed by atoms with Crippen LogP contribution in [-0.2, 0) is 4.79 Å². The molecule has 2 fully saturated rings. The van der Waals surface area contributed by atoms with E-state index >= 15 is 0 Å². The Morgan fingerprint density at radius 3 is 2.58 bits per heavy atom. The Hall–Kier alpha value is -0.610. The van der Waals surface area contributed by atoms with Gasteiger partial charge in [-0.15, -0.1) is 0 Å². The van der Waals surface area contributed by atoms with Crippen molar-refractivity contribution in [2.45, 2.75) is 45.4 Å². The van der Waals surface area contributed by atoms with Crippen molar-refractivity contribution in [1.82, 2.24) is 15.5 Å². The third-order valence-corrected chi connectivity index (χ3v) is 4.65. The SMILES string of the molecule is CC1(C(=O)NCCCN2CCNCC2)CCCCC1. The average Bonchev–Trinajstić information content (AvgIpc) is 2.45. The van der Waals surface area contributed by atoms with Gasteiger partial charge in [0, 0.05) is 38.1 Å². The molecule has 1 saturated carbocycles. The molecule has 0 atom stereocenters. The minimum absolute atomic E-state index is 0.0900. The number of rotatable bonds is 5. The third-order valence-electron chi connectivity index (χ3n) is 4.65. The summed E-state index contributed by atoms with van der Waals surface area (Å²) in [6.07, 6.45) is 6.93. The highest BCUT2D eigenvalue weighted by atomic mass is 16.2. The van der Waals surface area contributed by atoms with E-state index < -0.39 is 0 Å². The third kappa shape index (κ3) is 4.46. The number of amides is 1. The molecule has 2 N–H and O–H groups in total. The zero-order valence-electron chi connectivity index (χ0n) is 12.3. The summed E-state index contributed by atoms with van der Waals surface area (Å²) >= 11 is 0. The van der Waals surface area contributed by atoms with Gasteiger partial charge >= 0.3 is 0 Å². The molecule has 0 aromatic heterocycles. The summed E-state index contributed by atoms with van der Waals surface area (Å²) in [7, 11) is 0. The summed E-state index contributed by atoms with van der Waals surface area (Å²) in [5.41, 5.74) is -0.0900. The Bertz CT molecular complexity index is 281. The summed E-state index contributed by atoms with van der Waals surface area (Å²) in [6.45, 7) is 8.57. The van der Waals surface area contributed by atoms with Crippen molar-refractivity contribution in [3.63, 3.8) is 0 Å². The fourth-order valence-electron chi connectivity index (χ4n) is 3.21. The van der Waals surface area contributed by atoms with Crippen molar-refractivity contribution in [2.75, 3.05) is 39.3 Å². The minimum atomic E-state index is -0.0900. The van der Waals surface area contributed by atoms with E-state index in [2.05, 4.69) is 22.5 Å². The monoisotopic (exact) mass is 267 g/mol. The van der Waals surface area contributed by atoms with Crippen molar-refractivity contribution < 1.29 is 4.79 Å². The van der Waals surface area contributed by atoms with Gasteiger partial charge in [0.1, 0.15) is 0 Å². The Morgan fingerprint density at radius 2 is 1.89 bits per heavy atom. The smallest absolute Gasteiger partial charge is 0.225 e. The molecular formula is C15H29N3O. The lowest BCUT2D eigenvalue weighted by atomic mass is 9.75. The zero-order valence-corrected chi connectivity index (χ0v) is 12.3. The second kappa shape index (κ2) is 7.25. The molecular weight excluding hydrogens is 238 g/mol. The van der Waals surface area contributed by atoms with Crippen LogP contribution in [0.5, 0.6) is 0 Å². The molecule has 110 valence electrons. The predicted molar refractivity (Wildman–Crippen MR) is 78.1 cm³/mol. The van der Waals surface area contributed by atoms with Gasteiger partial charge in [0.05, 0.1) is 0 Å². The molecule has 0 unspecified atom stereocenters. The first kappa shape index (κ1) is 14.8. The van der Waals surface area contributed by atoms with E-state index in [0.29, 0.717) is 0 Å². The molecule has 0 aromatic carbocycles. The maximum absolute atomic E-state index is 12.2. The van der Waals surface area contributed by atoms with Crippen molar-refractivity contribution in [3.05, 3.63) is 0 Å². The van der Waals surface area contributed by atoms with Crippen LogP contribution in [0.2, 0.25) is 0 Å². The van der Waals surface area contributed by atoms with E-state index in [9.17, 15) is 4.79 Å². The lowest BCUT2D eigenvalue weighted by Gasteiger charge is -2.32. The number of hydrogen-bond acceptors (Lipinski definition) is 3. The second-order valence-electron chi connectivity index (χ2n) is 6.32. The summed E-state index contributed by atoms with van der Waals surface area (Å²) in [5, 5.41) is 6.51. The molecule has 1 aliphatic heterocycles. The summed E-state index contributed by atoms with van der Waals surface area (Å²) in [4.78, 5) is 14.7. The van der Waals surface area contributed by atoms with Crippen LogP contribution in [0.1, 0.15) is 45.4 Å². The molecule has 19 heavy (non-hydrogen) atoms. The number of nitrogens with zero attached hydrogens (tertiary/aromatic N) is 1. The Labute approximate surface area is 117 Å². The molecule has 0 bridgehead atoms. The number of carbonyl (C=O) groups excluding carboxylic acids is 1. The van der Waals surface area contributed by atoms with E-state index in [1.807, 2.05) is 0 Å². The fourth-order valence-corrected chi connectivity index (χ4v) is 3.21. The highest BCUT2D eigenvalue weighted by molar-refractivity contribution is 5.82. The molecule has 0 radical (unpaired) electrons. The molecule has 0 spiro atoms. The Kier molecular flexibility index (Phi) is 5.64. The quantitative estimate of drug-likeness (QED) is 0.740. The Morgan fingerprint density at radius 1 is 1.21 bits per heavy atom. The van der Waals surface area contributed by atoms with Crippen molar-refractivity contribution in [3.8, 4) is 0 Å². The van der Waals surface area contributed by atoms with Crippen LogP contribution in [0.3, 0.4) is 0 Å². The number of piperazine rings is 1. The molecule has 0 aromatic rings.